The second-order valence-corrected chi connectivity index (χ2v) is 8.25. The fourth-order valence-electron chi connectivity index (χ4n) is 2.80. The zero-order valence-corrected chi connectivity index (χ0v) is 19.7. The molecule has 0 fully saturated rings. The third kappa shape index (κ3) is 11.6. The molecule has 13 nitrogen and oxygen atoms in total. The molecule has 0 aliphatic rings. The minimum absolute atomic E-state index is 0.0525. The molecule has 13 heteroatoms. The zero-order chi connectivity index (χ0) is 25.7. The van der Waals surface area contributed by atoms with Gasteiger partial charge in [0.05, 0.1) is 7.11 Å². The standard InChI is InChI=1S/C21H32N6O7/c1-21(2,3)34-20(30)25-15(11-8-12-23-19(22)26-27(31)32)17(28)24-16(18(29)33-4)13-14-9-6-5-7-10-14/h5-7,9-10,15-16H,8,11-13H2,1-4H3,(H,24,28)(H,25,30)(H3,22,23,26)/t15-,16+/m0/s1. The fourth-order valence-corrected chi connectivity index (χ4v) is 2.80. The number of alkyl carbamates (subject to hydrolysis) is 1. The molecule has 188 valence electrons. The number of nitrogens with zero attached hydrogens (tertiary/aromatic N) is 2. The Morgan fingerprint density at radius 2 is 1.79 bits per heavy atom. The Morgan fingerprint density at radius 3 is 2.35 bits per heavy atom. The van der Waals surface area contributed by atoms with Crippen LogP contribution in [0.25, 0.3) is 0 Å². The van der Waals surface area contributed by atoms with Crippen molar-refractivity contribution >= 4 is 23.9 Å². The van der Waals surface area contributed by atoms with Crippen LogP contribution in [-0.2, 0) is 25.5 Å². The van der Waals surface area contributed by atoms with E-state index in [9.17, 15) is 24.5 Å². The zero-order valence-electron chi connectivity index (χ0n) is 19.7. The number of nitrogens with one attached hydrogen (secondary N) is 3. The first-order chi connectivity index (χ1) is 15.9. The molecule has 0 heterocycles. The third-order valence-electron chi connectivity index (χ3n) is 4.23. The molecule has 0 aliphatic carbocycles. The van der Waals surface area contributed by atoms with Crippen LogP contribution in [-0.4, -0.2) is 60.3 Å². The first kappa shape index (κ1) is 28.1. The van der Waals surface area contributed by atoms with Gasteiger partial charge in [0.25, 0.3) is 5.96 Å². The van der Waals surface area contributed by atoms with Crippen molar-refractivity contribution in [3.8, 4) is 0 Å². The minimum atomic E-state index is -1.07. The van der Waals surface area contributed by atoms with Gasteiger partial charge in [-0.1, -0.05) is 35.8 Å². The second kappa shape index (κ2) is 13.6. The van der Waals surface area contributed by atoms with Gasteiger partial charge < -0.3 is 25.8 Å². The Balaban J connectivity index is 2.91. The highest BCUT2D eigenvalue weighted by Gasteiger charge is 2.28. The number of hydrogen-bond donors (Lipinski definition) is 4. The van der Waals surface area contributed by atoms with E-state index >= 15 is 0 Å². The van der Waals surface area contributed by atoms with E-state index in [1.165, 1.54) is 7.11 Å². The summed E-state index contributed by atoms with van der Waals surface area (Å²) in [6.45, 7) is 5.08. The Morgan fingerprint density at radius 1 is 1.15 bits per heavy atom. The van der Waals surface area contributed by atoms with Gasteiger partial charge in [0.2, 0.25) is 5.91 Å². The predicted octanol–water partition coefficient (Wildman–Crippen LogP) is 0.656. The molecule has 2 atom stereocenters. The van der Waals surface area contributed by atoms with Gasteiger partial charge in [-0.25, -0.2) is 24.7 Å². The summed E-state index contributed by atoms with van der Waals surface area (Å²) in [7, 11) is 1.21. The molecule has 0 bridgehead atoms. The average molecular weight is 481 g/mol. The maximum Gasteiger partial charge on any atom is 0.408 e. The highest BCUT2D eigenvalue weighted by atomic mass is 16.7. The Bertz CT molecular complexity index is 870. The summed E-state index contributed by atoms with van der Waals surface area (Å²) in [6.07, 6.45) is -0.288. The first-order valence-corrected chi connectivity index (χ1v) is 10.5. The van der Waals surface area contributed by atoms with Crippen LogP contribution in [0.2, 0.25) is 0 Å². The van der Waals surface area contributed by atoms with E-state index in [0.717, 1.165) is 5.56 Å². The quantitative estimate of drug-likeness (QED) is 0.0880. The summed E-state index contributed by atoms with van der Waals surface area (Å²) >= 11 is 0. The third-order valence-corrected chi connectivity index (χ3v) is 4.23. The van der Waals surface area contributed by atoms with E-state index in [4.69, 9.17) is 15.2 Å². The van der Waals surface area contributed by atoms with Gasteiger partial charge in [-0.2, -0.15) is 0 Å². The van der Waals surface area contributed by atoms with Crippen LogP contribution >= 0.6 is 0 Å². The van der Waals surface area contributed by atoms with Crippen LogP contribution in [0, 0.1) is 10.1 Å². The molecule has 0 aromatic heterocycles. The van der Waals surface area contributed by atoms with E-state index < -0.39 is 40.7 Å². The lowest BCUT2D eigenvalue weighted by atomic mass is 10.0. The number of carbonyl (C=O) groups excluding carboxylic acids is 3. The van der Waals surface area contributed by atoms with Crippen molar-refractivity contribution in [3.63, 3.8) is 0 Å². The van der Waals surface area contributed by atoms with Gasteiger partial charge in [0, 0.05) is 13.0 Å². The summed E-state index contributed by atoms with van der Waals surface area (Å²) in [6, 6.07) is 6.99. The van der Waals surface area contributed by atoms with Crippen molar-refractivity contribution in [1.82, 2.24) is 16.1 Å². The van der Waals surface area contributed by atoms with Crippen LogP contribution in [0.1, 0.15) is 39.2 Å². The molecule has 5 N–H and O–H groups in total. The van der Waals surface area contributed by atoms with Crippen LogP contribution < -0.4 is 21.8 Å². The fraction of sp³-hybridized carbons (Fsp3) is 0.524. The van der Waals surface area contributed by atoms with Gasteiger partial charge in [-0.3, -0.25) is 4.79 Å². The lowest BCUT2D eigenvalue weighted by Gasteiger charge is -2.25. The molecule has 1 rings (SSSR count). The minimum Gasteiger partial charge on any atom is -0.467 e. The lowest BCUT2D eigenvalue weighted by molar-refractivity contribution is -0.525. The monoisotopic (exact) mass is 480 g/mol. The smallest absolute Gasteiger partial charge is 0.408 e. The summed E-state index contributed by atoms with van der Waals surface area (Å²) in [5, 5.41) is 14.6. The van der Waals surface area contributed by atoms with Crippen molar-refractivity contribution in [1.29, 1.82) is 0 Å². The van der Waals surface area contributed by atoms with Gasteiger partial charge >= 0.3 is 12.1 Å². The molecule has 0 aliphatic heterocycles. The lowest BCUT2D eigenvalue weighted by Crippen LogP contribution is -2.53. The van der Waals surface area contributed by atoms with Crippen molar-refractivity contribution < 1.29 is 28.9 Å². The van der Waals surface area contributed by atoms with Gasteiger partial charge in [-0.05, 0) is 39.2 Å². The summed E-state index contributed by atoms with van der Waals surface area (Å²) in [4.78, 5) is 51.7. The first-order valence-electron chi connectivity index (χ1n) is 10.5. The largest absolute Gasteiger partial charge is 0.467 e. The number of benzene rings is 1. The molecule has 0 radical (unpaired) electrons. The van der Waals surface area contributed by atoms with Crippen LogP contribution in [0.15, 0.2) is 35.3 Å². The molecular weight excluding hydrogens is 448 g/mol. The normalized spacial score (nSPS) is 13.2. The van der Waals surface area contributed by atoms with Gasteiger partial charge in [0.1, 0.15) is 17.7 Å². The maximum absolute atomic E-state index is 13.0. The SMILES string of the molecule is COC(=O)[C@@H](Cc1ccccc1)NC(=O)[C@H](CCCN=C(N)N[N+](=O)[O-])NC(=O)OC(C)(C)C. The molecule has 0 spiro atoms. The van der Waals surface area contributed by atoms with E-state index in [-0.39, 0.29) is 31.8 Å². The van der Waals surface area contributed by atoms with E-state index in [2.05, 4.69) is 15.6 Å². The number of nitro groups is 1. The topological polar surface area (TPSA) is 187 Å². The average Bonchev–Trinajstić information content (AvgIpc) is 2.73. The molecule has 0 unspecified atom stereocenters. The number of aliphatic imine (C=N–C) groups is 1. The molecule has 1 aromatic carbocycles. The molecule has 0 saturated carbocycles. The Kier molecular flexibility index (Phi) is 11.3. The van der Waals surface area contributed by atoms with Crippen molar-refractivity contribution in [2.24, 2.45) is 10.7 Å². The highest BCUT2D eigenvalue weighted by Crippen LogP contribution is 2.09. The van der Waals surface area contributed by atoms with Crippen molar-refractivity contribution in [3.05, 3.63) is 46.0 Å². The van der Waals surface area contributed by atoms with Crippen LogP contribution in [0.4, 0.5) is 4.79 Å². The predicted molar refractivity (Wildman–Crippen MR) is 123 cm³/mol. The number of esters is 1. The summed E-state index contributed by atoms with van der Waals surface area (Å²) in [5.41, 5.74) is 7.09. The van der Waals surface area contributed by atoms with Gasteiger partial charge in [-0.15, -0.1) is 0 Å². The molecule has 2 amide bonds. The number of methoxy groups -OCH3 is 1. The van der Waals surface area contributed by atoms with Crippen molar-refractivity contribution in [2.75, 3.05) is 13.7 Å². The van der Waals surface area contributed by atoms with Crippen LogP contribution in [0.5, 0.6) is 0 Å². The van der Waals surface area contributed by atoms with Crippen LogP contribution in [0.3, 0.4) is 0 Å². The molecule has 1 aromatic rings. The molecular formula is C21H32N6O7. The summed E-state index contributed by atoms with van der Waals surface area (Å²) < 4.78 is 10.0. The highest BCUT2D eigenvalue weighted by molar-refractivity contribution is 5.89. The van der Waals surface area contributed by atoms with Gasteiger partial charge in [0.15, 0.2) is 5.03 Å². The number of hydrogen-bond acceptors (Lipinski definition) is 8. The number of ether oxygens (including phenoxy) is 2. The number of nitrogens with two attached hydrogens (primary N) is 1. The van der Waals surface area contributed by atoms with Crippen molar-refractivity contribution in [2.45, 2.75) is 57.7 Å². The Labute approximate surface area is 197 Å². The number of rotatable bonds is 11. The summed E-state index contributed by atoms with van der Waals surface area (Å²) in [5.74, 6) is -1.66. The number of carbonyl (C=O) groups is 3. The number of amides is 2. The Hall–Kier alpha value is -3.90. The van der Waals surface area contributed by atoms with E-state index in [1.807, 2.05) is 6.07 Å². The van der Waals surface area contributed by atoms with E-state index in [0.29, 0.717) is 0 Å². The molecule has 34 heavy (non-hydrogen) atoms. The maximum atomic E-state index is 13.0. The molecule has 0 saturated heterocycles. The number of guanidine groups is 1. The second-order valence-electron chi connectivity index (χ2n) is 8.25. The number of hydrazine groups is 1. The van der Waals surface area contributed by atoms with E-state index in [1.54, 1.807) is 50.5 Å².